The Kier molecular flexibility index (Phi) is 3.30. The molecule has 0 amide bonds. The Labute approximate surface area is 106 Å². The minimum absolute atomic E-state index is 0.207. The van der Waals surface area contributed by atoms with Crippen molar-refractivity contribution >= 4 is 21.7 Å². The van der Waals surface area contributed by atoms with Crippen LogP contribution in [0.2, 0.25) is 0 Å². The number of nitrogens with zero attached hydrogens (tertiary/aromatic N) is 2. The molecule has 1 aromatic heterocycles. The van der Waals surface area contributed by atoms with Gasteiger partial charge < -0.3 is 10.4 Å². The lowest BCUT2D eigenvalue weighted by Gasteiger charge is -2.07. The number of phenols is 1. The smallest absolute Gasteiger partial charge is 0.139 e. The van der Waals surface area contributed by atoms with E-state index in [1.807, 2.05) is 12.1 Å². The van der Waals surface area contributed by atoms with Crippen LogP contribution in [0.25, 0.3) is 0 Å². The van der Waals surface area contributed by atoms with Gasteiger partial charge in [0, 0.05) is 16.6 Å². The highest BCUT2D eigenvalue weighted by Gasteiger charge is 2.06. The molecular weight excluding hydrogens is 284 g/mol. The molecule has 17 heavy (non-hydrogen) atoms. The third-order valence-electron chi connectivity index (χ3n) is 2.26. The quantitative estimate of drug-likeness (QED) is 0.811. The molecule has 6 heteroatoms. The lowest BCUT2D eigenvalue weighted by molar-refractivity contribution is 0.469. The molecule has 1 aromatic carbocycles. The molecule has 1 heterocycles. The van der Waals surface area contributed by atoms with Crippen molar-refractivity contribution in [3.05, 3.63) is 40.0 Å². The maximum Gasteiger partial charge on any atom is 0.139 e. The Hall–Kier alpha value is -2.00. The molecule has 0 atom stereocenters. The predicted molar refractivity (Wildman–Crippen MR) is 66.4 cm³/mol. The molecule has 0 saturated heterocycles. The van der Waals surface area contributed by atoms with Crippen molar-refractivity contribution in [1.82, 2.24) is 10.2 Å². The highest BCUT2D eigenvalue weighted by Crippen LogP contribution is 2.23. The van der Waals surface area contributed by atoms with Crippen LogP contribution in [0.5, 0.6) is 5.75 Å². The van der Waals surface area contributed by atoms with Gasteiger partial charge >= 0.3 is 0 Å². The van der Waals surface area contributed by atoms with Gasteiger partial charge in [-0.2, -0.15) is 10.4 Å². The fourth-order valence-electron chi connectivity index (χ4n) is 1.38. The number of aromatic amines is 1. The Morgan fingerprint density at radius 1 is 1.53 bits per heavy atom. The molecule has 0 fully saturated rings. The molecule has 0 aliphatic carbocycles. The van der Waals surface area contributed by atoms with Crippen LogP contribution in [0.1, 0.15) is 11.1 Å². The summed E-state index contributed by atoms with van der Waals surface area (Å²) in [5.41, 5.74) is 1.18. The standard InChI is InChI=1S/C11H9BrN4O/c12-9-1-2-10(17)7(3-9)5-14-11-8(4-13)6-15-16-11/h1-3,6,17H,5H2,(H2,14,15,16). The summed E-state index contributed by atoms with van der Waals surface area (Å²) in [5, 5.41) is 27.9. The van der Waals surface area contributed by atoms with Gasteiger partial charge in [-0.15, -0.1) is 0 Å². The summed E-state index contributed by atoms with van der Waals surface area (Å²) < 4.78 is 0.886. The molecule has 2 aromatic rings. The number of anilines is 1. The van der Waals surface area contributed by atoms with Gasteiger partial charge in [-0.1, -0.05) is 15.9 Å². The zero-order chi connectivity index (χ0) is 12.3. The molecule has 0 unspecified atom stereocenters. The summed E-state index contributed by atoms with van der Waals surface area (Å²) >= 11 is 3.33. The maximum absolute atomic E-state index is 9.64. The summed E-state index contributed by atoms with van der Waals surface area (Å²) in [6.07, 6.45) is 1.45. The van der Waals surface area contributed by atoms with Gasteiger partial charge in [0.2, 0.25) is 0 Å². The molecule has 0 bridgehead atoms. The first-order valence-electron chi connectivity index (χ1n) is 4.85. The summed E-state index contributed by atoms with van der Waals surface area (Å²) in [7, 11) is 0. The van der Waals surface area contributed by atoms with Gasteiger partial charge in [0.1, 0.15) is 23.2 Å². The number of aromatic hydroxyl groups is 1. The monoisotopic (exact) mass is 292 g/mol. The first-order chi connectivity index (χ1) is 8.20. The molecule has 5 nitrogen and oxygen atoms in total. The fraction of sp³-hybridized carbons (Fsp3) is 0.0909. The number of hydrogen-bond acceptors (Lipinski definition) is 4. The summed E-state index contributed by atoms with van der Waals surface area (Å²) in [6, 6.07) is 7.19. The van der Waals surface area contributed by atoms with Gasteiger partial charge in [0.25, 0.3) is 0 Å². The lowest BCUT2D eigenvalue weighted by atomic mass is 10.2. The number of phenolic OH excluding ortho intramolecular Hbond substituents is 1. The van der Waals surface area contributed by atoms with Gasteiger partial charge in [-0.25, -0.2) is 0 Å². The molecule has 0 aliphatic heterocycles. The van der Waals surface area contributed by atoms with Crippen molar-refractivity contribution in [3.63, 3.8) is 0 Å². The molecular formula is C11H9BrN4O. The van der Waals surface area contributed by atoms with E-state index in [9.17, 15) is 5.11 Å². The van der Waals surface area contributed by atoms with Crippen LogP contribution >= 0.6 is 15.9 Å². The second kappa shape index (κ2) is 4.89. The van der Waals surface area contributed by atoms with Crippen LogP contribution in [-0.4, -0.2) is 15.3 Å². The zero-order valence-corrected chi connectivity index (χ0v) is 10.3. The normalized spacial score (nSPS) is 9.88. The van der Waals surface area contributed by atoms with Crippen molar-refractivity contribution in [2.75, 3.05) is 5.32 Å². The van der Waals surface area contributed by atoms with Crippen molar-refractivity contribution in [2.24, 2.45) is 0 Å². The van der Waals surface area contributed by atoms with Gasteiger partial charge in [-0.05, 0) is 18.2 Å². The van der Waals surface area contributed by atoms with Crippen molar-refractivity contribution in [1.29, 1.82) is 5.26 Å². The number of hydrogen-bond donors (Lipinski definition) is 3. The first-order valence-corrected chi connectivity index (χ1v) is 5.64. The molecule has 0 aliphatic rings. The van der Waals surface area contributed by atoms with Crippen LogP contribution in [0.4, 0.5) is 5.82 Å². The number of aromatic nitrogens is 2. The van der Waals surface area contributed by atoms with Crippen LogP contribution in [-0.2, 0) is 6.54 Å². The van der Waals surface area contributed by atoms with E-state index >= 15 is 0 Å². The third-order valence-corrected chi connectivity index (χ3v) is 2.75. The number of nitrogens with one attached hydrogen (secondary N) is 2. The minimum atomic E-state index is 0.207. The fourth-order valence-corrected chi connectivity index (χ4v) is 1.79. The zero-order valence-electron chi connectivity index (χ0n) is 8.74. The summed E-state index contributed by atoms with van der Waals surface area (Å²) in [5.74, 6) is 0.755. The van der Waals surface area contributed by atoms with E-state index in [4.69, 9.17) is 5.26 Å². The van der Waals surface area contributed by atoms with E-state index in [0.717, 1.165) is 10.0 Å². The van der Waals surface area contributed by atoms with E-state index in [0.29, 0.717) is 17.9 Å². The van der Waals surface area contributed by atoms with E-state index < -0.39 is 0 Å². The largest absolute Gasteiger partial charge is 0.508 e. The minimum Gasteiger partial charge on any atom is -0.508 e. The summed E-state index contributed by atoms with van der Waals surface area (Å²) in [4.78, 5) is 0. The van der Waals surface area contributed by atoms with Crippen molar-refractivity contribution in [2.45, 2.75) is 6.54 Å². The highest BCUT2D eigenvalue weighted by molar-refractivity contribution is 9.10. The van der Waals surface area contributed by atoms with Crippen LogP contribution in [0.3, 0.4) is 0 Å². The lowest BCUT2D eigenvalue weighted by Crippen LogP contribution is -2.01. The average Bonchev–Trinajstić information content (AvgIpc) is 2.77. The van der Waals surface area contributed by atoms with E-state index in [1.165, 1.54) is 6.20 Å². The Morgan fingerprint density at radius 2 is 2.35 bits per heavy atom. The molecule has 0 radical (unpaired) electrons. The Balaban J connectivity index is 2.13. The molecule has 2 rings (SSSR count). The number of benzene rings is 1. The van der Waals surface area contributed by atoms with E-state index in [2.05, 4.69) is 31.4 Å². The first kappa shape index (κ1) is 11.5. The summed E-state index contributed by atoms with van der Waals surface area (Å²) in [6.45, 7) is 0.405. The average molecular weight is 293 g/mol. The number of rotatable bonds is 3. The van der Waals surface area contributed by atoms with Gasteiger partial charge in [-0.3, -0.25) is 5.10 Å². The number of halogens is 1. The van der Waals surface area contributed by atoms with Gasteiger partial charge in [0.15, 0.2) is 0 Å². The second-order valence-corrected chi connectivity index (χ2v) is 4.31. The van der Waals surface area contributed by atoms with Crippen LogP contribution in [0.15, 0.2) is 28.9 Å². The van der Waals surface area contributed by atoms with E-state index in [1.54, 1.807) is 12.1 Å². The molecule has 0 spiro atoms. The van der Waals surface area contributed by atoms with Crippen LogP contribution in [0, 0.1) is 11.3 Å². The topological polar surface area (TPSA) is 84.7 Å². The third kappa shape index (κ3) is 2.57. The van der Waals surface area contributed by atoms with Gasteiger partial charge in [0.05, 0.1) is 6.20 Å². The predicted octanol–water partition coefficient (Wildman–Crippen LogP) is 2.36. The van der Waals surface area contributed by atoms with Crippen molar-refractivity contribution < 1.29 is 5.11 Å². The van der Waals surface area contributed by atoms with Crippen LogP contribution < -0.4 is 5.32 Å². The Bertz CT molecular complexity index is 573. The number of H-pyrrole nitrogens is 1. The number of nitriles is 1. The van der Waals surface area contributed by atoms with E-state index in [-0.39, 0.29) is 5.75 Å². The molecule has 3 N–H and O–H groups in total. The van der Waals surface area contributed by atoms with Crippen molar-refractivity contribution in [3.8, 4) is 11.8 Å². The highest BCUT2D eigenvalue weighted by atomic mass is 79.9. The Morgan fingerprint density at radius 3 is 3.12 bits per heavy atom. The molecule has 86 valence electrons. The second-order valence-electron chi connectivity index (χ2n) is 3.40. The SMILES string of the molecule is N#Cc1cn[nH]c1NCc1cc(Br)ccc1O. The molecule has 0 saturated carbocycles. The maximum atomic E-state index is 9.64.